The summed E-state index contributed by atoms with van der Waals surface area (Å²) in [6.07, 6.45) is 5.08. The maximum atomic E-state index is 11.6. The molecule has 0 aliphatic carbocycles. The van der Waals surface area contributed by atoms with Crippen LogP contribution in [0.3, 0.4) is 0 Å². The molecule has 0 N–H and O–H groups in total. The van der Waals surface area contributed by atoms with E-state index in [1.165, 1.54) is 10.6 Å². The van der Waals surface area contributed by atoms with E-state index < -0.39 is 10.0 Å². The number of nitrogens with zero attached hydrogens (tertiary/aromatic N) is 1. The summed E-state index contributed by atoms with van der Waals surface area (Å²) in [6, 6.07) is -0.0631. The van der Waals surface area contributed by atoms with Crippen LogP contribution < -0.4 is 0 Å². The number of ether oxygens (including phenoxy) is 1. The highest BCUT2D eigenvalue weighted by Gasteiger charge is 2.27. The first-order valence-electron chi connectivity index (χ1n) is 6.39. The molecular formula is C12H27NO3S. The van der Waals surface area contributed by atoms with Gasteiger partial charge in [0.15, 0.2) is 0 Å². The Morgan fingerprint density at radius 1 is 1.24 bits per heavy atom. The first kappa shape index (κ1) is 16.9. The van der Waals surface area contributed by atoms with E-state index in [4.69, 9.17) is 4.74 Å². The van der Waals surface area contributed by atoms with Gasteiger partial charge in [-0.2, -0.15) is 4.31 Å². The van der Waals surface area contributed by atoms with E-state index in [1.54, 1.807) is 7.05 Å². The van der Waals surface area contributed by atoms with Crippen LogP contribution in [0.1, 0.15) is 46.5 Å². The van der Waals surface area contributed by atoms with E-state index in [2.05, 4.69) is 13.8 Å². The van der Waals surface area contributed by atoms with Gasteiger partial charge in [-0.15, -0.1) is 0 Å². The topological polar surface area (TPSA) is 46.6 Å². The Hall–Kier alpha value is -0.130. The summed E-state index contributed by atoms with van der Waals surface area (Å²) in [7, 11) is -1.51. The number of sulfonamides is 1. The fourth-order valence-corrected chi connectivity index (χ4v) is 2.55. The Labute approximate surface area is 106 Å². The molecule has 0 bridgehead atoms. The average molecular weight is 265 g/mol. The van der Waals surface area contributed by atoms with E-state index in [1.807, 2.05) is 6.92 Å². The third kappa shape index (κ3) is 6.38. The molecule has 0 heterocycles. The van der Waals surface area contributed by atoms with Crippen LogP contribution in [-0.2, 0) is 14.8 Å². The lowest BCUT2D eigenvalue weighted by Gasteiger charge is -2.31. The van der Waals surface area contributed by atoms with Crippen molar-refractivity contribution in [3.63, 3.8) is 0 Å². The van der Waals surface area contributed by atoms with Crippen LogP contribution in [0.4, 0.5) is 0 Å². The molecular weight excluding hydrogens is 238 g/mol. The summed E-state index contributed by atoms with van der Waals surface area (Å²) in [5.41, 5.74) is 0. The second-order valence-corrected chi connectivity index (χ2v) is 6.61. The standard InChI is InChI=1S/C12H27NO3S/c1-6-8-10-16-11(3)12(9-7-2)13(4)17(5,14)15/h11-12H,6-10H2,1-5H3/t11-,12-/m1/s1. The first-order chi connectivity index (χ1) is 7.84. The number of rotatable bonds is 9. The molecule has 0 saturated heterocycles. The van der Waals surface area contributed by atoms with Crippen molar-refractivity contribution >= 4 is 10.0 Å². The van der Waals surface area contributed by atoms with Gasteiger partial charge in [0.25, 0.3) is 0 Å². The van der Waals surface area contributed by atoms with Gasteiger partial charge in [-0.05, 0) is 19.8 Å². The molecule has 0 saturated carbocycles. The van der Waals surface area contributed by atoms with Crippen LogP contribution in [0.2, 0.25) is 0 Å². The smallest absolute Gasteiger partial charge is 0.211 e. The van der Waals surface area contributed by atoms with Crippen LogP contribution >= 0.6 is 0 Å². The predicted molar refractivity (Wildman–Crippen MR) is 71.6 cm³/mol. The van der Waals surface area contributed by atoms with Crippen molar-refractivity contribution < 1.29 is 13.2 Å². The zero-order chi connectivity index (χ0) is 13.5. The lowest BCUT2D eigenvalue weighted by Crippen LogP contribution is -2.44. The quantitative estimate of drug-likeness (QED) is 0.601. The molecule has 5 heteroatoms. The zero-order valence-corrected chi connectivity index (χ0v) is 12.6. The lowest BCUT2D eigenvalue weighted by molar-refractivity contribution is 0.0187. The third-order valence-corrected chi connectivity index (χ3v) is 4.31. The van der Waals surface area contributed by atoms with Gasteiger partial charge in [0.2, 0.25) is 10.0 Å². The number of hydrogen-bond donors (Lipinski definition) is 0. The van der Waals surface area contributed by atoms with E-state index >= 15 is 0 Å². The molecule has 0 spiro atoms. The van der Waals surface area contributed by atoms with Crippen LogP contribution in [0.25, 0.3) is 0 Å². The second-order valence-electron chi connectivity index (χ2n) is 4.56. The van der Waals surface area contributed by atoms with Gasteiger partial charge >= 0.3 is 0 Å². The van der Waals surface area contributed by atoms with Gasteiger partial charge in [0.05, 0.1) is 18.4 Å². The van der Waals surface area contributed by atoms with Gasteiger partial charge in [-0.25, -0.2) is 8.42 Å². The fourth-order valence-electron chi connectivity index (χ4n) is 1.78. The summed E-state index contributed by atoms with van der Waals surface area (Å²) in [4.78, 5) is 0. The highest BCUT2D eigenvalue weighted by molar-refractivity contribution is 7.88. The van der Waals surface area contributed by atoms with Gasteiger partial charge in [0, 0.05) is 13.7 Å². The summed E-state index contributed by atoms with van der Waals surface area (Å²) < 4.78 is 30.2. The molecule has 0 rings (SSSR count). The minimum Gasteiger partial charge on any atom is -0.377 e. The third-order valence-electron chi connectivity index (χ3n) is 3.00. The first-order valence-corrected chi connectivity index (χ1v) is 8.24. The Morgan fingerprint density at radius 3 is 2.24 bits per heavy atom. The average Bonchev–Trinajstić information content (AvgIpc) is 2.23. The summed E-state index contributed by atoms with van der Waals surface area (Å²) in [5.74, 6) is 0. The van der Waals surface area contributed by atoms with Crippen LogP contribution in [0.5, 0.6) is 0 Å². The Kier molecular flexibility index (Phi) is 8.00. The van der Waals surface area contributed by atoms with E-state index in [-0.39, 0.29) is 12.1 Å². The maximum Gasteiger partial charge on any atom is 0.211 e. The Morgan fingerprint density at radius 2 is 1.82 bits per heavy atom. The molecule has 0 aliphatic rings. The highest BCUT2D eigenvalue weighted by atomic mass is 32.2. The van der Waals surface area contributed by atoms with E-state index in [0.717, 1.165) is 25.7 Å². The highest BCUT2D eigenvalue weighted by Crippen LogP contribution is 2.15. The molecule has 0 radical (unpaired) electrons. The molecule has 0 aromatic carbocycles. The minimum atomic E-state index is -3.15. The van der Waals surface area contributed by atoms with E-state index in [0.29, 0.717) is 6.61 Å². The van der Waals surface area contributed by atoms with Crippen molar-refractivity contribution in [3.05, 3.63) is 0 Å². The second kappa shape index (κ2) is 8.06. The summed E-state index contributed by atoms with van der Waals surface area (Å²) in [6.45, 7) is 6.83. The van der Waals surface area contributed by atoms with Crippen molar-refractivity contribution in [3.8, 4) is 0 Å². The zero-order valence-electron chi connectivity index (χ0n) is 11.8. The van der Waals surface area contributed by atoms with Crippen LogP contribution in [-0.4, -0.2) is 44.8 Å². The largest absolute Gasteiger partial charge is 0.377 e. The lowest BCUT2D eigenvalue weighted by atomic mass is 10.1. The molecule has 0 amide bonds. The van der Waals surface area contributed by atoms with Crippen molar-refractivity contribution in [2.24, 2.45) is 0 Å². The minimum absolute atomic E-state index is 0.0544. The van der Waals surface area contributed by atoms with E-state index in [9.17, 15) is 8.42 Å². The van der Waals surface area contributed by atoms with Gasteiger partial charge < -0.3 is 4.74 Å². The molecule has 17 heavy (non-hydrogen) atoms. The summed E-state index contributed by atoms with van der Waals surface area (Å²) in [5, 5.41) is 0. The van der Waals surface area contributed by atoms with Crippen molar-refractivity contribution in [2.45, 2.75) is 58.6 Å². The number of likely N-dealkylation sites (N-methyl/N-ethyl adjacent to an activating group) is 1. The summed E-state index contributed by atoms with van der Waals surface area (Å²) >= 11 is 0. The molecule has 0 aromatic rings. The molecule has 104 valence electrons. The SMILES string of the molecule is CCCCO[C@H](C)[C@@H](CCC)N(C)S(C)(=O)=O. The van der Waals surface area contributed by atoms with Crippen LogP contribution in [0, 0.1) is 0 Å². The van der Waals surface area contributed by atoms with Crippen molar-refractivity contribution in [1.29, 1.82) is 0 Å². The Balaban J connectivity index is 4.50. The maximum absolute atomic E-state index is 11.6. The predicted octanol–water partition coefficient (Wildman–Crippen LogP) is 2.25. The molecule has 4 nitrogen and oxygen atoms in total. The molecule has 0 aromatic heterocycles. The number of unbranched alkanes of at least 4 members (excludes halogenated alkanes) is 1. The molecule has 2 atom stereocenters. The molecule has 0 unspecified atom stereocenters. The fraction of sp³-hybridized carbons (Fsp3) is 1.00. The monoisotopic (exact) mass is 265 g/mol. The van der Waals surface area contributed by atoms with Crippen molar-refractivity contribution in [1.82, 2.24) is 4.31 Å². The number of hydrogen-bond acceptors (Lipinski definition) is 3. The van der Waals surface area contributed by atoms with Crippen LogP contribution in [0.15, 0.2) is 0 Å². The Bertz CT molecular complexity index is 290. The van der Waals surface area contributed by atoms with Gasteiger partial charge in [-0.3, -0.25) is 0 Å². The molecule has 0 aliphatic heterocycles. The van der Waals surface area contributed by atoms with Crippen molar-refractivity contribution in [2.75, 3.05) is 19.9 Å². The van der Waals surface area contributed by atoms with Gasteiger partial charge in [-0.1, -0.05) is 26.7 Å². The molecule has 0 fully saturated rings. The van der Waals surface area contributed by atoms with Gasteiger partial charge in [0.1, 0.15) is 0 Å². The normalized spacial score (nSPS) is 16.1.